The highest BCUT2D eigenvalue weighted by atomic mass is 33.1. The van der Waals surface area contributed by atoms with E-state index >= 15 is 0 Å². The standard InChI is InChI=1S/C28H46O2S2/c1-11-26(7,12-2)21-25(5,6)30-19-20-31-32-24-17-15-23(16-18-24)27(8,13-3)22-28(9,14-4)29-10/h1,15-18H,12-14,19-22H2,2-10H3. The van der Waals surface area contributed by atoms with Gasteiger partial charge >= 0.3 is 0 Å². The third kappa shape index (κ3) is 8.98. The summed E-state index contributed by atoms with van der Waals surface area (Å²) < 4.78 is 12.0. The Morgan fingerprint density at radius 1 is 0.906 bits per heavy atom. The monoisotopic (exact) mass is 478 g/mol. The van der Waals surface area contributed by atoms with Crippen molar-refractivity contribution in [1.29, 1.82) is 0 Å². The molecule has 0 spiro atoms. The molecule has 0 heterocycles. The fourth-order valence-electron chi connectivity index (χ4n) is 4.24. The van der Waals surface area contributed by atoms with E-state index in [-0.39, 0.29) is 22.0 Å². The van der Waals surface area contributed by atoms with Crippen LogP contribution in [0.4, 0.5) is 0 Å². The van der Waals surface area contributed by atoms with Gasteiger partial charge in [0.25, 0.3) is 0 Å². The average Bonchev–Trinajstić information content (AvgIpc) is 2.78. The van der Waals surface area contributed by atoms with Crippen LogP contribution in [0.1, 0.15) is 93.1 Å². The lowest BCUT2D eigenvalue weighted by atomic mass is 9.72. The molecule has 1 aromatic rings. The van der Waals surface area contributed by atoms with Crippen LogP contribution in [-0.2, 0) is 14.9 Å². The Hall–Kier alpha value is -0.600. The summed E-state index contributed by atoms with van der Waals surface area (Å²) in [4.78, 5) is 1.28. The van der Waals surface area contributed by atoms with Gasteiger partial charge in [-0.1, -0.05) is 61.4 Å². The fraction of sp³-hybridized carbons (Fsp3) is 0.714. The summed E-state index contributed by atoms with van der Waals surface area (Å²) >= 11 is 0. The number of methoxy groups -OCH3 is 1. The summed E-state index contributed by atoms with van der Waals surface area (Å²) in [5, 5.41) is 0. The average molecular weight is 479 g/mol. The van der Waals surface area contributed by atoms with Crippen molar-refractivity contribution in [2.45, 2.75) is 109 Å². The van der Waals surface area contributed by atoms with Crippen LogP contribution in [0.2, 0.25) is 0 Å². The summed E-state index contributed by atoms with van der Waals surface area (Å²) in [6.45, 7) is 18.4. The molecule has 0 fully saturated rings. The molecule has 2 nitrogen and oxygen atoms in total. The number of terminal acetylenes is 1. The molecule has 0 amide bonds. The van der Waals surface area contributed by atoms with Gasteiger partial charge in [-0.25, -0.2) is 0 Å². The van der Waals surface area contributed by atoms with Gasteiger partial charge in [0.2, 0.25) is 0 Å². The Morgan fingerprint density at radius 2 is 1.53 bits per heavy atom. The highest BCUT2D eigenvalue weighted by Gasteiger charge is 2.34. The van der Waals surface area contributed by atoms with Gasteiger partial charge in [0, 0.05) is 23.2 Å². The summed E-state index contributed by atoms with van der Waals surface area (Å²) in [5.74, 6) is 3.90. The first-order valence-corrected chi connectivity index (χ1v) is 14.3. The zero-order valence-corrected chi connectivity index (χ0v) is 23.6. The molecule has 3 unspecified atom stereocenters. The SMILES string of the molecule is C#CC(C)(CC)CC(C)(C)OCCSSc1ccc(C(C)(CC)CC(C)(CC)OC)cc1. The van der Waals surface area contributed by atoms with Gasteiger partial charge in [0.15, 0.2) is 0 Å². The predicted octanol–water partition coefficient (Wildman–Crippen LogP) is 8.53. The molecule has 1 rings (SSSR count). The van der Waals surface area contributed by atoms with Gasteiger partial charge < -0.3 is 9.47 Å². The van der Waals surface area contributed by atoms with E-state index in [1.165, 1.54) is 10.5 Å². The first kappa shape index (κ1) is 29.4. The van der Waals surface area contributed by atoms with Crippen LogP contribution in [-0.4, -0.2) is 30.7 Å². The molecule has 0 bridgehead atoms. The van der Waals surface area contributed by atoms with E-state index in [1.807, 2.05) is 28.7 Å². The fourth-order valence-corrected chi connectivity index (χ4v) is 6.06. The second-order valence-electron chi connectivity index (χ2n) is 10.4. The van der Waals surface area contributed by atoms with Crippen molar-refractivity contribution < 1.29 is 9.47 Å². The highest BCUT2D eigenvalue weighted by molar-refractivity contribution is 8.76. The quantitative estimate of drug-likeness (QED) is 0.143. The van der Waals surface area contributed by atoms with Crippen molar-refractivity contribution in [2.75, 3.05) is 19.5 Å². The van der Waals surface area contributed by atoms with Gasteiger partial charge in [0.1, 0.15) is 0 Å². The lowest BCUT2D eigenvalue weighted by molar-refractivity contribution is -0.0329. The molecular weight excluding hydrogens is 432 g/mol. The van der Waals surface area contributed by atoms with Crippen LogP contribution < -0.4 is 0 Å². The topological polar surface area (TPSA) is 18.5 Å². The van der Waals surface area contributed by atoms with Crippen molar-refractivity contribution in [1.82, 2.24) is 0 Å². The summed E-state index contributed by atoms with van der Waals surface area (Å²) in [5.41, 5.74) is 1.11. The smallest absolute Gasteiger partial charge is 0.0656 e. The van der Waals surface area contributed by atoms with Crippen LogP contribution in [0.25, 0.3) is 0 Å². The van der Waals surface area contributed by atoms with E-state index in [0.717, 1.165) is 44.5 Å². The minimum Gasteiger partial charge on any atom is -0.379 e. The molecule has 0 aliphatic rings. The predicted molar refractivity (Wildman–Crippen MR) is 145 cm³/mol. The van der Waals surface area contributed by atoms with Gasteiger partial charge in [0.05, 0.1) is 17.8 Å². The Kier molecular flexibility index (Phi) is 11.7. The van der Waals surface area contributed by atoms with E-state index in [1.54, 1.807) is 0 Å². The molecule has 0 aromatic heterocycles. The molecule has 32 heavy (non-hydrogen) atoms. The maximum Gasteiger partial charge on any atom is 0.0656 e. The second kappa shape index (κ2) is 12.7. The van der Waals surface area contributed by atoms with Crippen molar-refractivity contribution in [3.8, 4) is 12.3 Å². The van der Waals surface area contributed by atoms with Gasteiger partial charge in [-0.05, 0) is 82.9 Å². The molecule has 0 saturated heterocycles. The zero-order valence-electron chi connectivity index (χ0n) is 22.0. The van der Waals surface area contributed by atoms with Gasteiger partial charge in [-0.3, -0.25) is 0 Å². The molecule has 0 N–H and O–H groups in total. The lowest BCUT2D eigenvalue weighted by Crippen LogP contribution is -2.36. The van der Waals surface area contributed by atoms with Crippen LogP contribution in [0, 0.1) is 17.8 Å². The molecule has 3 atom stereocenters. The van der Waals surface area contributed by atoms with E-state index in [0.29, 0.717) is 0 Å². The minimum absolute atomic E-state index is 0.0867. The molecule has 0 radical (unpaired) electrons. The molecule has 4 heteroatoms. The lowest BCUT2D eigenvalue weighted by Gasteiger charge is -2.38. The van der Waals surface area contributed by atoms with Crippen molar-refractivity contribution in [2.24, 2.45) is 5.41 Å². The number of ether oxygens (including phenoxy) is 2. The van der Waals surface area contributed by atoms with Crippen LogP contribution >= 0.6 is 21.6 Å². The number of hydrogen-bond acceptors (Lipinski definition) is 4. The first-order valence-electron chi connectivity index (χ1n) is 12.0. The number of rotatable bonds is 15. The van der Waals surface area contributed by atoms with E-state index in [9.17, 15) is 0 Å². The molecule has 1 aromatic carbocycles. The number of benzene rings is 1. The largest absolute Gasteiger partial charge is 0.379 e. The summed E-state index contributed by atoms with van der Waals surface area (Å²) in [7, 11) is 5.50. The Balaban J connectivity index is 2.57. The Bertz CT molecular complexity index is 718. The minimum atomic E-state index is -0.205. The van der Waals surface area contributed by atoms with Crippen LogP contribution in [0.5, 0.6) is 0 Å². The molecular formula is C28H46O2S2. The van der Waals surface area contributed by atoms with Crippen molar-refractivity contribution in [3.05, 3.63) is 29.8 Å². The highest BCUT2D eigenvalue weighted by Crippen LogP contribution is 2.40. The number of hydrogen-bond donors (Lipinski definition) is 0. The molecule has 0 saturated carbocycles. The van der Waals surface area contributed by atoms with Crippen LogP contribution in [0.15, 0.2) is 29.2 Å². The normalized spacial score (nSPS) is 17.8. The van der Waals surface area contributed by atoms with Gasteiger partial charge in [-0.15, -0.1) is 12.3 Å². The third-order valence-corrected chi connectivity index (χ3v) is 9.44. The summed E-state index contributed by atoms with van der Waals surface area (Å²) in [6, 6.07) is 9.09. The van der Waals surface area contributed by atoms with E-state index in [4.69, 9.17) is 15.9 Å². The molecule has 182 valence electrons. The summed E-state index contributed by atoms with van der Waals surface area (Å²) in [6.07, 6.45) is 10.7. The third-order valence-electron chi connectivity index (χ3n) is 7.10. The van der Waals surface area contributed by atoms with Crippen molar-refractivity contribution in [3.63, 3.8) is 0 Å². The maximum absolute atomic E-state index is 6.17. The molecule has 0 aliphatic carbocycles. The van der Waals surface area contributed by atoms with Gasteiger partial charge in [-0.2, -0.15) is 0 Å². The van der Waals surface area contributed by atoms with Crippen molar-refractivity contribution >= 4 is 21.6 Å². The zero-order chi connectivity index (χ0) is 24.5. The van der Waals surface area contributed by atoms with Crippen LogP contribution in [0.3, 0.4) is 0 Å². The maximum atomic E-state index is 6.17. The van der Waals surface area contributed by atoms with E-state index in [2.05, 4.69) is 85.6 Å². The second-order valence-corrected chi connectivity index (χ2v) is 12.9. The first-order chi connectivity index (χ1) is 14.9. The van der Waals surface area contributed by atoms with E-state index < -0.39 is 0 Å². The Labute approximate surface area is 206 Å². The Morgan fingerprint density at radius 3 is 2.00 bits per heavy atom. The molecule has 0 aliphatic heterocycles.